The predicted molar refractivity (Wildman–Crippen MR) is 20.1 cm³/mol. The van der Waals surface area contributed by atoms with Crippen molar-refractivity contribution in [2.24, 2.45) is 5.73 Å². The number of hydroxylamine groups is 3. The lowest BCUT2D eigenvalue weighted by atomic mass is 10.8. The largest absolute Gasteiger partial charge is 0.380 e. The van der Waals surface area contributed by atoms with Gasteiger partial charge in [0.05, 0.1) is 6.20 Å². The first-order valence-electron chi connectivity index (χ1n) is 1.68. The second kappa shape index (κ2) is 1.28. The minimum absolute atomic E-state index is 0.139. The van der Waals surface area contributed by atoms with Gasteiger partial charge in [0.2, 0.25) is 0 Å². The van der Waals surface area contributed by atoms with Gasteiger partial charge < -0.3 is 5.73 Å². The first-order valence-corrected chi connectivity index (χ1v) is 1.68. The lowest BCUT2D eigenvalue weighted by Crippen LogP contribution is -2.20. The first kappa shape index (κ1) is 4.23. The van der Waals surface area contributed by atoms with E-state index in [4.69, 9.17) is 10.9 Å². The number of hydrogen-bond donors (Lipinski definition) is 3. The molecule has 1 heterocycles. The molecule has 0 bridgehead atoms. The topological polar surface area (TPSA) is 70.8 Å². The Kier molecular flexibility index (Phi) is 0.775. The zero-order valence-corrected chi connectivity index (χ0v) is 3.46. The maximum Gasteiger partial charge on any atom is 0.175 e. The summed E-state index contributed by atoms with van der Waals surface area (Å²) in [7, 11) is 0. The van der Waals surface area contributed by atoms with Gasteiger partial charge in [-0.05, 0) is 0 Å². The van der Waals surface area contributed by atoms with E-state index >= 15 is 0 Å². The van der Waals surface area contributed by atoms with Crippen LogP contribution in [0.5, 0.6) is 0 Å². The van der Waals surface area contributed by atoms with Gasteiger partial charge >= 0.3 is 0 Å². The van der Waals surface area contributed by atoms with Crippen LogP contribution in [-0.4, -0.2) is 10.4 Å². The Labute approximate surface area is 39.8 Å². The third-order valence-corrected chi connectivity index (χ3v) is 0.567. The van der Waals surface area contributed by atoms with E-state index in [1.165, 1.54) is 6.20 Å². The summed E-state index contributed by atoms with van der Waals surface area (Å²) in [5, 5.41) is 8.78. The minimum atomic E-state index is 0.139. The molecule has 0 radical (unpaired) electrons. The summed E-state index contributed by atoms with van der Waals surface area (Å²) in [5.74, 6) is 0.139. The van der Waals surface area contributed by atoms with E-state index in [1.54, 1.807) is 0 Å². The number of nitrogens with zero attached hydrogens (tertiary/aromatic N) is 1. The van der Waals surface area contributed by atoms with E-state index < -0.39 is 0 Å². The van der Waals surface area contributed by atoms with E-state index in [2.05, 4.69) is 10.4 Å². The highest BCUT2D eigenvalue weighted by Crippen LogP contribution is 1.95. The Morgan fingerprint density at radius 3 is 2.86 bits per heavy atom. The maximum atomic E-state index is 8.35. The summed E-state index contributed by atoms with van der Waals surface area (Å²) in [6.07, 6.45) is 1.32. The van der Waals surface area contributed by atoms with E-state index in [1.807, 2.05) is 0 Å². The van der Waals surface area contributed by atoms with Crippen LogP contribution < -0.4 is 11.2 Å². The van der Waals surface area contributed by atoms with E-state index in [9.17, 15) is 0 Å². The molecule has 0 amide bonds. The molecule has 7 heavy (non-hydrogen) atoms. The molecule has 0 atom stereocenters. The molecule has 1 aliphatic heterocycles. The molecule has 0 unspecified atom stereocenters. The van der Waals surface area contributed by atoms with Crippen LogP contribution in [0.4, 0.5) is 0 Å². The standard InChI is InChI=1S/C2H5N3O2/c3-2-1-4-7-5(2)6/h1,4,6H,3H2. The van der Waals surface area contributed by atoms with Gasteiger partial charge in [-0.2, -0.15) is 0 Å². The van der Waals surface area contributed by atoms with Crippen molar-refractivity contribution in [3.8, 4) is 0 Å². The Balaban J connectivity index is 2.54. The molecule has 0 aromatic carbocycles. The van der Waals surface area contributed by atoms with Crippen molar-refractivity contribution in [2.75, 3.05) is 0 Å². The second-order valence-electron chi connectivity index (χ2n) is 1.05. The number of hydrogen-bond acceptors (Lipinski definition) is 5. The fraction of sp³-hybridized carbons (Fsp3) is 0. The molecular formula is C2H5N3O2. The van der Waals surface area contributed by atoms with E-state index in [0.29, 0.717) is 5.23 Å². The van der Waals surface area contributed by atoms with E-state index in [0.717, 1.165) is 0 Å². The van der Waals surface area contributed by atoms with Crippen LogP contribution >= 0.6 is 0 Å². The molecule has 0 spiro atoms. The summed E-state index contributed by atoms with van der Waals surface area (Å²) < 4.78 is 0. The van der Waals surface area contributed by atoms with Gasteiger partial charge in [-0.15, -0.1) is 4.94 Å². The summed E-state index contributed by atoms with van der Waals surface area (Å²) in [6.45, 7) is 0. The van der Waals surface area contributed by atoms with Crippen molar-refractivity contribution in [1.29, 1.82) is 0 Å². The van der Waals surface area contributed by atoms with E-state index in [-0.39, 0.29) is 5.82 Å². The normalized spacial score (nSPS) is 19.0. The van der Waals surface area contributed by atoms with Crippen molar-refractivity contribution in [3.63, 3.8) is 0 Å². The smallest absolute Gasteiger partial charge is 0.175 e. The Morgan fingerprint density at radius 2 is 2.71 bits per heavy atom. The lowest BCUT2D eigenvalue weighted by Gasteiger charge is -2.03. The summed E-state index contributed by atoms with van der Waals surface area (Å²) in [5.41, 5.74) is 7.24. The Bertz CT molecular complexity index is 101. The van der Waals surface area contributed by atoms with Crippen molar-refractivity contribution in [3.05, 3.63) is 12.0 Å². The molecule has 0 aliphatic carbocycles. The predicted octanol–water partition coefficient (Wildman–Crippen LogP) is -1.11. The molecule has 5 nitrogen and oxygen atoms in total. The molecular weight excluding hydrogens is 98.0 g/mol. The van der Waals surface area contributed by atoms with Crippen LogP contribution in [-0.2, 0) is 4.94 Å². The summed E-state index contributed by atoms with van der Waals surface area (Å²) in [4.78, 5) is 4.19. The maximum absolute atomic E-state index is 8.35. The molecule has 1 aliphatic rings. The van der Waals surface area contributed by atoms with Gasteiger partial charge in [-0.3, -0.25) is 5.21 Å². The zero-order chi connectivity index (χ0) is 5.28. The third kappa shape index (κ3) is 0.577. The molecule has 1 rings (SSSR count). The van der Waals surface area contributed by atoms with Gasteiger partial charge in [0.15, 0.2) is 5.82 Å². The van der Waals surface area contributed by atoms with Crippen LogP contribution in [0.3, 0.4) is 0 Å². The molecule has 0 saturated carbocycles. The Hall–Kier alpha value is -0.940. The van der Waals surface area contributed by atoms with Crippen molar-refractivity contribution < 1.29 is 10.1 Å². The van der Waals surface area contributed by atoms with Crippen molar-refractivity contribution in [1.82, 2.24) is 10.7 Å². The SMILES string of the molecule is NC1=CNON1O. The number of rotatable bonds is 0. The fourth-order valence-corrected chi connectivity index (χ4v) is 0.245. The molecule has 0 saturated heterocycles. The summed E-state index contributed by atoms with van der Waals surface area (Å²) in [6, 6.07) is 0. The third-order valence-electron chi connectivity index (χ3n) is 0.567. The highest BCUT2D eigenvalue weighted by atomic mass is 17.0. The molecule has 0 aromatic rings. The highest BCUT2D eigenvalue weighted by Gasteiger charge is 2.07. The molecule has 4 N–H and O–H groups in total. The average molecular weight is 103 g/mol. The van der Waals surface area contributed by atoms with Crippen LogP contribution in [0, 0.1) is 0 Å². The number of nitrogens with two attached hydrogens (primary N) is 1. The van der Waals surface area contributed by atoms with Crippen LogP contribution in [0.2, 0.25) is 0 Å². The fourth-order valence-electron chi connectivity index (χ4n) is 0.245. The highest BCUT2D eigenvalue weighted by molar-refractivity contribution is 4.88. The van der Waals surface area contributed by atoms with Gasteiger partial charge in [0.1, 0.15) is 0 Å². The van der Waals surface area contributed by atoms with Crippen molar-refractivity contribution >= 4 is 0 Å². The van der Waals surface area contributed by atoms with Gasteiger partial charge in [0, 0.05) is 0 Å². The molecule has 5 heteroatoms. The van der Waals surface area contributed by atoms with Crippen LogP contribution in [0.15, 0.2) is 12.0 Å². The van der Waals surface area contributed by atoms with Crippen molar-refractivity contribution in [2.45, 2.75) is 0 Å². The molecule has 0 fully saturated rings. The number of nitrogens with one attached hydrogen (secondary N) is 1. The zero-order valence-electron chi connectivity index (χ0n) is 3.46. The Morgan fingerprint density at radius 1 is 2.00 bits per heavy atom. The molecule has 40 valence electrons. The monoisotopic (exact) mass is 103 g/mol. The lowest BCUT2D eigenvalue weighted by molar-refractivity contribution is -0.324. The summed E-state index contributed by atoms with van der Waals surface area (Å²) >= 11 is 0. The second-order valence-corrected chi connectivity index (χ2v) is 1.05. The van der Waals surface area contributed by atoms with Gasteiger partial charge in [0.25, 0.3) is 0 Å². The van der Waals surface area contributed by atoms with Gasteiger partial charge in [-0.1, -0.05) is 5.23 Å². The molecule has 0 aromatic heterocycles. The van der Waals surface area contributed by atoms with Gasteiger partial charge in [-0.25, -0.2) is 5.48 Å². The van der Waals surface area contributed by atoms with Crippen LogP contribution in [0.25, 0.3) is 0 Å². The first-order chi connectivity index (χ1) is 3.30. The average Bonchev–Trinajstić information content (AvgIpc) is 1.91. The minimum Gasteiger partial charge on any atom is -0.380 e. The quantitative estimate of drug-likeness (QED) is 0.362. The van der Waals surface area contributed by atoms with Crippen LogP contribution in [0.1, 0.15) is 0 Å².